The Morgan fingerprint density at radius 2 is 1.76 bits per heavy atom. The first-order valence-corrected chi connectivity index (χ1v) is 11.7. The average Bonchev–Trinajstić information content (AvgIpc) is 2.99. The van der Waals surface area contributed by atoms with Crippen molar-refractivity contribution in [3.8, 4) is 5.75 Å². The minimum Gasteiger partial charge on any atom is -0.497 e. The zero-order valence-corrected chi connectivity index (χ0v) is 19.8. The topological polar surface area (TPSA) is 58.6 Å². The Kier molecular flexibility index (Phi) is 5.88. The van der Waals surface area contributed by atoms with E-state index in [-0.39, 0.29) is 17.6 Å². The van der Waals surface area contributed by atoms with E-state index in [1.807, 2.05) is 72.8 Å². The Balaban J connectivity index is 1.70. The van der Waals surface area contributed by atoms with Crippen LogP contribution in [0.3, 0.4) is 0 Å². The number of fused-ring (bicyclic) bond motifs is 1. The number of carbonyl (C=O) groups is 2. The van der Waals surface area contributed by atoms with Crippen molar-refractivity contribution in [3.05, 3.63) is 100 Å². The first-order chi connectivity index (χ1) is 16.5. The van der Waals surface area contributed by atoms with E-state index in [1.54, 1.807) is 18.9 Å². The molecular formula is C28H25ClN2O3. The molecule has 34 heavy (non-hydrogen) atoms. The predicted molar refractivity (Wildman–Crippen MR) is 134 cm³/mol. The van der Waals surface area contributed by atoms with Crippen LogP contribution in [0.5, 0.6) is 5.75 Å². The lowest BCUT2D eigenvalue weighted by atomic mass is 9.78. The van der Waals surface area contributed by atoms with Crippen LogP contribution in [0.2, 0.25) is 5.02 Å². The highest BCUT2D eigenvalue weighted by Gasteiger charge is 2.40. The maximum atomic E-state index is 13.8. The third-order valence-electron chi connectivity index (χ3n) is 6.58. The van der Waals surface area contributed by atoms with E-state index in [2.05, 4.69) is 5.32 Å². The van der Waals surface area contributed by atoms with Gasteiger partial charge in [0.2, 0.25) is 5.91 Å². The lowest BCUT2D eigenvalue weighted by Crippen LogP contribution is -2.37. The van der Waals surface area contributed by atoms with Crippen molar-refractivity contribution in [2.75, 3.05) is 17.3 Å². The largest absolute Gasteiger partial charge is 0.497 e. The minimum absolute atomic E-state index is 0.0259. The van der Waals surface area contributed by atoms with Gasteiger partial charge < -0.3 is 10.1 Å². The van der Waals surface area contributed by atoms with E-state index in [4.69, 9.17) is 16.3 Å². The molecule has 1 amide bonds. The Morgan fingerprint density at radius 3 is 2.50 bits per heavy atom. The Hall–Kier alpha value is -3.57. The number of nitrogens with zero attached hydrogens (tertiary/aromatic N) is 1. The molecule has 3 aromatic rings. The fraction of sp³-hybridized carbons (Fsp3) is 0.214. The Morgan fingerprint density at radius 1 is 1.00 bits per heavy atom. The molecule has 0 aromatic heterocycles. The highest BCUT2D eigenvalue weighted by molar-refractivity contribution is 6.30. The number of benzene rings is 3. The fourth-order valence-electron chi connectivity index (χ4n) is 5.04. The van der Waals surface area contributed by atoms with E-state index in [0.717, 1.165) is 28.2 Å². The number of para-hydroxylation sites is 2. The van der Waals surface area contributed by atoms with Gasteiger partial charge in [0.1, 0.15) is 5.75 Å². The number of hydrogen-bond donors (Lipinski definition) is 1. The average molecular weight is 473 g/mol. The molecule has 0 bridgehead atoms. The van der Waals surface area contributed by atoms with Gasteiger partial charge in [-0.2, -0.15) is 0 Å². The van der Waals surface area contributed by atoms with Crippen molar-refractivity contribution in [3.63, 3.8) is 0 Å². The smallest absolute Gasteiger partial charge is 0.224 e. The van der Waals surface area contributed by atoms with Crippen molar-refractivity contribution in [1.82, 2.24) is 0 Å². The molecule has 172 valence electrons. The van der Waals surface area contributed by atoms with E-state index in [0.29, 0.717) is 29.2 Å². The maximum Gasteiger partial charge on any atom is 0.224 e. The van der Waals surface area contributed by atoms with E-state index in [9.17, 15) is 9.59 Å². The van der Waals surface area contributed by atoms with E-state index in [1.165, 1.54) is 0 Å². The molecule has 5 rings (SSSR count). The number of carbonyl (C=O) groups excluding carboxylic acids is 2. The lowest BCUT2D eigenvalue weighted by Gasteiger charge is -2.34. The number of allylic oxidation sites excluding steroid dienone is 1. The van der Waals surface area contributed by atoms with Gasteiger partial charge in [0.25, 0.3) is 0 Å². The van der Waals surface area contributed by atoms with Crippen LogP contribution in [0.15, 0.2) is 84.1 Å². The molecule has 0 fully saturated rings. The molecule has 0 saturated heterocycles. The number of anilines is 2. The Labute approximate surface area is 204 Å². The summed E-state index contributed by atoms with van der Waals surface area (Å²) in [6.07, 6.45) is 1.02. The van der Waals surface area contributed by atoms with Crippen LogP contribution >= 0.6 is 11.6 Å². The summed E-state index contributed by atoms with van der Waals surface area (Å²) >= 11 is 6.09. The Bertz CT molecular complexity index is 1300. The van der Waals surface area contributed by atoms with Crippen molar-refractivity contribution in [2.24, 2.45) is 0 Å². The van der Waals surface area contributed by atoms with Crippen molar-refractivity contribution < 1.29 is 14.3 Å². The quantitative estimate of drug-likeness (QED) is 0.488. The van der Waals surface area contributed by atoms with Gasteiger partial charge in [-0.3, -0.25) is 14.5 Å². The molecule has 1 aliphatic heterocycles. The minimum atomic E-state index is -0.558. The molecule has 1 aliphatic carbocycles. The van der Waals surface area contributed by atoms with Crippen LogP contribution in [-0.2, 0) is 9.59 Å². The highest BCUT2D eigenvalue weighted by atomic mass is 35.5. The second-order valence-corrected chi connectivity index (χ2v) is 9.12. The standard InChI is InChI=1S/C28H25ClN2O3/c1-17(32)31-25-9-4-3-8-23(25)30-24-15-20(18-10-12-21(29)13-11-18)16-26(33)27(24)28(31)19-6-5-7-22(14-19)34-2/h3-14,20,28,30H,15-16H2,1-2H3/t20-,28+/m0/s1. The van der Waals surface area contributed by atoms with Gasteiger partial charge in [-0.25, -0.2) is 0 Å². The van der Waals surface area contributed by atoms with Gasteiger partial charge in [0, 0.05) is 29.6 Å². The molecule has 1 N–H and O–H groups in total. The molecule has 6 heteroatoms. The number of halogens is 1. The monoisotopic (exact) mass is 472 g/mol. The third-order valence-corrected chi connectivity index (χ3v) is 6.83. The summed E-state index contributed by atoms with van der Waals surface area (Å²) in [6, 6.07) is 22.4. The summed E-state index contributed by atoms with van der Waals surface area (Å²) in [6.45, 7) is 1.54. The van der Waals surface area contributed by atoms with Gasteiger partial charge in [-0.05, 0) is 59.9 Å². The number of rotatable bonds is 3. The molecule has 0 radical (unpaired) electrons. The molecular weight excluding hydrogens is 448 g/mol. The SMILES string of the molecule is COc1cccc([C@@H]2C3=C(C[C@H](c4ccc(Cl)cc4)CC3=O)Nc3ccccc3N2C(C)=O)c1. The van der Waals surface area contributed by atoms with Crippen LogP contribution in [0.4, 0.5) is 11.4 Å². The summed E-state index contributed by atoms with van der Waals surface area (Å²) in [5, 5.41) is 4.19. The first kappa shape index (κ1) is 22.2. The van der Waals surface area contributed by atoms with Gasteiger partial charge >= 0.3 is 0 Å². The van der Waals surface area contributed by atoms with E-state index < -0.39 is 6.04 Å². The van der Waals surface area contributed by atoms with Crippen molar-refractivity contribution in [2.45, 2.75) is 31.7 Å². The number of methoxy groups -OCH3 is 1. The predicted octanol–water partition coefficient (Wildman–Crippen LogP) is 6.27. The molecule has 3 aromatic carbocycles. The van der Waals surface area contributed by atoms with Crippen molar-refractivity contribution in [1.29, 1.82) is 0 Å². The third kappa shape index (κ3) is 3.97. The number of amides is 1. The summed E-state index contributed by atoms with van der Waals surface area (Å²) in [5.41, 5.74) is 4.93. The van der Waals surface area contributed by atoms with Crippen LogP contribution in [0.25, 0.3) is 0 Å². The van der Waals surface area contributed by atoms with E-state index >= 15 is 0 Å². The molecule has 0 saturated carbocycles. The number of hydrogen-bond acceptors (Lipinski definition) is 4. The molecule has 5 nitrogen and oxygen atoms in total. The summed E-state index contributed by atoms with van der Waals surface area (Å²) in [4.78, 5) is 28.6. The molecule has 0 unspecified atom stereocenters. The fourth-order valence-corrected chi connectivity index (χ4v) is 5.16. The zero-order chi connectivity index (χ0) is 23.8. The van der Waals surface area contributed by atoms with Crippen LogP contribution < -0.4 is 15.0 Å². The number of ether oxygens (including phenoxy) is 1. The second kappa shape index (κ2) is 8.99. The normalized spacial score (nSPS) is 19.6. The molecule has 1 heterocycles. The highest BCUT2D eigenvalue weighted by Crippen LogP contribution is 2.47. The van der Waals surface area contributed by atoms with Crippen LogP contribution in [-0.4, -0.2) is 18.8 Å². The molecule has 2 atom stereocenters. The summed E-state index contributed by atoms with van der Waals surface area (Å²) in [7, 11) is 1.61. The van der Waals surface area contributed by atoms with Gasteiger partial charge in [0.05, 0.1) is 24.5 Å². The zero-order valence-electron chi connectivity index (χ0n) is 19.0. The molecule has 2 aliphatic rings. The van der Waals surface area contributed by atoms with Gasteiger partial charge in [0.15, 0.2) is 5.78 Å². The number of nitrogens with one attached hydrogen (secondary N) is 1. The number of Topliss-reactive ketones (excluding diaryl/α,β-unsaturated/α-hetero) is 1. The maximum absolute atomic E-state index is 13.8. The van der Waals surface area contributed by atoms with Crippen LogP contribution in [0, 0.1) is 0 Å². The van der Waals surface area contributed by atoms with Crippen molar-refractivity contribution >= 4 is 34.7 Å². The first-order valence-electron chi connectivity index (χ1n) is 11.3. The second-order valence-electron chi connectivity index (χ2n) is 8.68. The number of ketones is 1. The lowest BCUT2D eigenvalue weighted by molar-refractivity contribution is -0.117. The van der Waals surface area contributed by atoms with Crippen LogP contribution in [0.1, 0.15) is 42.9 Å². The van der Waals surface area contributed by atoms with Gasteiger partial charge in [-0.1, -0.05) is 48.0 Å². The van der Waals surface area contributed by atoms with Gasteiger partial charge in [-0.15, -0.1) is 0 Å². The summed E-state index contributed by atoms with van der Waals surface area (Å²) < 4.78 is 5.46. The summed E-state index contributed by atoms with van der Waals surface area (Å²) in [5.74, 6) is 0.595. The molecule has 0 spiro atoms.